The second-order valence-corrected chi connectivity index (χ2v) is 7.08. The Balaban J connectivity index is 1.93. The van der Waals surface area contributed by atoms with Gasteiger partial charge in [0, 0.05) is 23.9 Å². The van der Waals surface area contributed by atoms with Crippen molar-refractivity contribution in [3.05, 3.63) is 51.8 Å². The van der Waals surface area contributed by atoms with Gasteiger partial charge >= 0.3 is 0 Å². The molecule has 2 aromatic heterocycles. The van der Waals surface area contributed by atoms with Crippen LogP contribution in [0.4, 0.5) is 0 Å². The molecule has 1 N–H and O–H groups in total. The highest BCUT2D eigenvalue weighted by Crippen LogP contribution is 2.37. The number of imidazole rings is 1. The summed E-state index contributed by atoms with van der Waals surface area (Å²) in [4.78, 5) is 17.9. The van der Waals surface area contributed by atoms with Crippen LogP contribution in [0.3, 0.4) is 0 Å². The summed E-state index contributed by atoms with van der Waals surface area (Å²) in [6, 6.07) is 4.20. The Kier molecular flexibility index (Phi) is 3.57. The lowest BCUT2D eigenvalue weighted by molar-refractivity contribution is -0.121. The lowest BCUT2D eigenvalue weighted by Gasteiger charge is -2.19. The predicted octanol–water partition coefficient (Wildman–Crippen LogP) is 3.17. The second kappa shape index (κ2) is 5.63. The number of amides is 1. The van der Waals surface area contributed by atoms with E-state index in [2.05, 4.69) is 28.8 Å². The highest BCUT2D eigenvalue weighted by Gasteiger charge is 2.30. The summed E-state index contributed by atoms with van der Waals surface area (Å²) in [6.07, 6.45) is 2.48. The number of carbonyl (C=O) groups is 1. The summed E-state index contributed by atoms with van der Waals surface area (Å²) in [7, 11) is 1.69. The Morgan fingerprint density at radius 1 is 1.33 bits per heavy atom. The smallest absolute Gasteiger partial charge is 0.221 e. The molecule has 0 radical (unpaired) electrons. The molecule has 4 rings (SSSR count). The van der Waals surface area contributed by atoms with Gasteiger partial charge in [-0.1, -0.05) is 6.07 Å². The first kappa shape index (κ1) is 15.2. The summed E-state index contributed by atoms with van der Waals surface area (Å²) >= 11 is 1.62. The molecule has 0 fully saturated rings. The molecule has 3 heterocycles. The monoisotopic (exact) mass is 341 g/mol. The van der Waals surface area contributed by atoms with Crippen LogP contribution in [0.5, 0.6) is 5.75 Å². The molecule has 124 valence electrons. The minimum Gasteiger partial charge on any atom is -0.496 e. The number of aryl methyl sites for hydroxylation is 2. The number of methoxy groups -OCH3 is 1. The highest BCUT2D eigenvalue weighted by molar-refractivity contribution is 7.15. The van der Waals surface area contributed by atoms with Crippen molar-refractivity contribution in [1.82, 2.24) is 14.7 Å². The van der Waals surface area contributed by atoms with Crippen LogP contribution in [0.15, 0.2) is 23.7 Å². The molecule has 0 aliphatic carbocycles. The normalized spacial score (nSPS) is 17.5. The molecule has 3 aromatic rings. The van der Waals surface area contributed by atoms with Crippen LogP contribution in [-0.2, 0) is 11.3 Å². The van der Waals surface area contributed by atoms with Gasteiger partial charge in [0.2, 0.25) is 5.91 Å². The number of fused-ring (bicyclic) bond motifs is 3. The number of nitrogens with one attached hydrogen (secondary N) is 1. The maximum absolute atomic E-state index is 12.3. The number of benzene rings is 1. The summed E-state index contributed by atoms with van der Waals surface area (Å²) < 4.78 is 7.56. The van der Waals surface area contributed by atoms with Gasteiger partial charge in [0.25, 0.3) is 0 Å². The Labute approximate surface area is 144 Å². The van der Waals surface area contributed by atoms with Crippen molar-refractivity contribution in [2.75, 3.05) is 7.11 Å². The van der Waals surface area contributed by atoms with Gasteiger partial charge in [-0.05, 0) is 36.6 Å². The van der Waals surface area contributed by atoms with E-state index in [-0.39, 0.29) is 11.8 Å². The summed E-state index contributed by atoms with van der Waals surface area (Å²) in [5, 5.41) is 5.01. The van der Waals surface area contributed by atoms with Crippen LogP contribution in [0.25, 0.3) is 4.96 Å². The first-order valence-electron chi connectivity index (χ1n) is 7.94. The van der Waals surface area contributed by atoms with Crippen LogP contribution in [0.2, 0.25) is 0 Å². The molecule has 0 saturated heterocycles. The number of aromatic nitrogens is 2. The van der Waals surface area contributed by atoms with Crippen molar-refractivity contribution in [3.8, 4) is 5.75 Å². The van der Waals surface area contributed by atoms with Gasteiger partial charge in [0.05, 0.1) is 25.0 Å². The van der Waals surface area contributed by atoms with Gasteiger partial charge in [-0.25, -0.2) is 4.98 Å². The molecule has 1 amide bonds. The zero-order valence-electron chi connectivity index (χ0n) is 13.9. The highest BCUT2D eigenvalue weighted by atomic mass is 32.1. The molecule has 1 unspecified atom stereocenters. The number of ether oxygens (including phenoxy) is 1. The first-order chi connectivity index (χ1) is 11.6. The van der Waals surface area contributed by atoms with Crippen LogP contribution < -0.4 is 10.1 Å². The third-order valence-electron chi connectivity index (χ3n) is 4.71. The third kappa shape index (κ3) is 2.29. The van der Waals surface area contributed by atoms with E-state index in [0.29, 0.717) is 13.0 Å². The molecule has 0 spiro atoms. The minimum atomic E-state index is -0.00305. The standard InChI is InChI=1S/C18H19N3O2S/c1-10-7-15(23-3)11(2)6-12(10)13-8-16(22)19-9-14-17(13)21-4-5-24-18(21)20-14/h4-7,13H,8-9H2,1-3H3,(H,19,22). The van der Waals surface area contributed by atoms with E-state index < -0.39 is 0 Å². The molecule has 1 aliphatic heterocycles. The minimum absolute atomic E-state index is 0.00305. The van der Waals surface area contributed by atoms with E-state index in [0.717, 1.165) is 33.2 Å². The van der Waals surface area contributed by atoms with Crippen LogP contribution in [-0.4, -0.2) is 22.4 Å². The van der Waals surface area contributed by atoms with Gasteiger partial charge in [-0.15, -0.1) is 11.3 Å². The lowest BCUT2D eigenvalue weighted by atomic mass is 9.87. The number of hydrogen-bond acceptors (Lipinski definition) is 4. The van der Waals surface area contributed by atoms with Crippen molar-refractivity contribution < 1.29 is 9.53 Å². The van der Waals surface area contributed by atoms with Crippen LogP contribution in [0.1, 0.15) is 40.4 Å². The zero-order chi connectivity index (χ0) is 16.8. The maximum atomic E-state index is 12.3. The Bertz CT molecular complexity index is 941. The first-order valence-corrected chi connectivity index (χ1v) is 8.82. The van der Waals surface area contributed by atoms with E-state index in [1.807, 2.05) is 18.5 Å². The van der Waals surface area contributed by atoms with Crippen molar-refractivity contribution in [1.29, 1.82) is 0 Å². The SMILES string of the molecule is COc1cc(C)c(C2CC(=O)NCc3nc4sccn4c32)cc1C. The van der Waals surface area contributed by atoms with Crippen molar-refractivity contribution in [2.45, 2.75) is 32.7 Å². The number of carbonyl (C=O) groups excluding carboxylic acids is 1. The van der Waals surface area contributed by atoms with Crippen molar-refractivity contribution in [3.63, 3.8) is 0 Å². The van der Waals surface area contributed by atoms with Crippen molar-refractivity contribution in [2.24, 2.45) is 0 Å². The second-order valence-electron chi connectivity index (χ2n) is 6.21. The zero-order valence-corrected chi connectivity index (χ0v) is 14.7. The number of rotatable bonds is 2. The van der Waals surface area contributed by atoms with Crippen LogP contribution >= 0.6 is 11.3 Å². The summed E-state index contributed by atoms with van der Waals surface area (Å²) in [5.41, 5.74) is 5.46. The van der Waals surface area contributed by atoms with E-state index in [1.54, 1.807) is 18.4 Å². The Morgan fingerprint density at radius 2 is 2.17 bits per heavy atom. The van der Waals surface area contributed by atoms with Gasteiger partial charge in [-0.3, -0.25) is 9.20 Å². The summed E-state index contributed by atoms with van der Waals surface area (Å²) in [6.45, 7) is 4.61. The summed E-state index contributed by atoms with van der Waals surface area (Å²) in [5.74, 6) is 0.940. The van der Waals surface area contributed by atoms with E-state index >= 15 is 0 Å². The topological polar surface area (TPSA) is 55.6 Å². The fourth-order valence-electron chi connectivity index (χ4n) is 3.55. The molecule has 24 heavy (non-hydrogen) atoms. The largest absolute Gasteiger partial charge is 0.496 e. The van der Waals surface area contributed by atoms with Crippen molar-refractivity contribution >= 4 is 22.2 Å². The predicted molar refractivity (Wildman–Crippen MR) is 93.8 cm³/mol. The third-order valence-corrected chi connectivity index (χ3v) is 5.46. The van der Waals surface area contributed by atoms with Gasteiger partial charge in [0.1, 0.15) is 5.75 Å². The molecule has 1 aliphatic rings. The number of hydrogen-bond donors (Lipinski definition) is 1. The average molecular weight is 341 g/mol. The fourth-order valence-corrected chi connectivity index (χ4v) is 4.29. The number of thiazole rings is 1. The molecule has 1 aromatic carbocycles. The van der Waals surface area contributed by atoms with Gasteiger partial charge < -0.3 is 10.1 Å². The van der Waals surface area contributed by atoms with Gasteiger partial charge in [-0.2, -0.15) is 0 Å². The molecule has 5 nitrogen and oxygen atoms in total. The molecule has 6 heteroatoms. The van der Waals surface area contributed by atoms with E-state index in [4.69, 9.17) is 9.72 Å². The Hall–Kier alpha value is -2.34. The average Bonchev–Trinajstić information content (AvgIpc) is 3.09. The molecule has 0 bridgehead atoms. The molecular weight excluding hydrogens is 322 g/mol. The number of nitrogens with zero attached hydrogens (tertiary/aromatic N) is 2. The van der Waals surface area contributed by atoms with E-state index in [1.165, 1.54) is 5.56 Å². The quantitative estimate of drug-likeness (QED) is 0.779. The Morgan fingerprint density at radius 3 is 2.96 bits per heavy atom. The van der Waals surface area contributed by atoms with Gasteiger partial charge in [0.15, 0.2) is 4.96 Å². The molecular formula is C18H19N3O2S. The lowest BCUT2D eigenvalue weighted by Crippen LogP contribution is -2.21. The van der Waals surface area contributed by atoms with E-state index in [9.17, 15) is 4.79 Å². The maximum Gasteiger partial charge on any atom is 0.221 e. The molecule has 1 atom stereocenters. The van der Waals surface area contributed by atoms with Crippen LogP contribution in [0, 0.1) is 13.8 Å². The molecule has 0 saturated carbocycles. The fraction of sp³-hybridized carbons (Fsp3) is 0.333.